The van der Waals surface area contributed by atoms with Gasteiger partial charge in [0.2, 0.25) is 5.95 Å². The van der Waals surface area contributed by atoms with Gasteiger partial charge in [-0.2, -0.15) is 4.39 Å². The van der Waals surface area contributed by atoms with Crippen molar-refractivity contribution in [2.45, 2.75) is 0 Å². The van der Waals surface area contributed by atoms with Crippen LogP contribution in [0, 0.1) is 5.95 Å². The van der Waals surface area contributed by atoms with Crippen LogP contribution in [-0.4, -0.2) is 10.9 Å². The van der Waals surface area contributed by atoms with Gasteiger partial charge in [0.15, 0.2) is 0 Å². The SMILES string of the molecule is O=C(Nc1cccc(Cl)c1Cl)c1cccc(F)n1. The van der Waals surface area contributed by atoms with Gasteiger partial charge < -0.3 is 5.32 Å². The van der Waals surface area contributed by atoms with Gasteiger partial charge in [-0.15, -0.1) is 0 Å². The van der Waals surface area contributed by atoms with Gasteiger partial charge in [0, 0.05) is 0 Å². The van der Waals surface area contributed by atoms with Crippen molar-refractivity contribution < 1.29 is 9.18 Å². The molecular formula is C12H7Cl2FN2O. The Morgan fingerprint density at radius 3 is 2.61 bits per heavy atom. The topological polar surface area (TPSA) is 42.0 Å². The van der Waals surface area contributed by atoms with E-state index < -0.39 is 11.9 Å². The first-order valence-corrected chi connectivity index (χ1v) is 5.71. The molecule has 92 valence electrons. The van der Waals surface area contributed by atoms with Crippen LogP contribution in [0.15, 0.2) is 36.4 Å². The number of pyridine rings is 1. The third-order valence-corrected chi connectivity index (χ3v) is 2.97. The first-order chi connectivity index (χ1) is 8.58. The Morgan fingerprint density at radius 2 is 1.89 bits per heavy atom. The highest BCUT2D eigenvalue weighted by molar-refractivity contribution is 6.44. The zero-order valence-corrected chi connectivity index (χ0v) is 10.5. The molecule has 0 aliphatic heterocycles. The number of aromatic nitrogens is 1. The van der Waals surface area contributed by atoms with E-state index in [1.807, 2.05) is 0 Å². The monoisotopic (exact) mass is 284 g/mol. The zero-order chi connectivity index (χ0) is 13.1. The lowest BCUT2D eigenvalue weighted by molar-refractivity contribution is 0.102. The second kappa shape index (κ2) is 5.33. The lowest BCUT2D eigenvalue weighted by atomic mass is 10.3. The number of benzene rings is 1. The summed E-state index contributed by atoms with van der Waals surface area (Å²) in [6, 6.07) is 8.78. The van der Waals surface area contributed by atoms with E-state index in [4.69, 9.17) is 23.2 Å². The summed E-state index contributed by atoms with van der Waals surface area (Å²) in [5.41, 5.74) is 0.311. The average Bonchev–Trinajstić information content (AvgIpc) is 2.35. The second-order valence-electron chi connectivity index (χ2n) is 3.40. The van der Waals surface area contributed by atoms with Crippen molar-refractivity contribution in [1.82, 2.24) is 4.98 Å². The largest absolute Gasteiger partial charge is 0.319 e. The van der Waals surface area contributed by atoms with E-state index >= 15 is 0 Å². The minimum Gasteiger partial charge on any atom is -0.319 e. The van der Waals surface area contributed by atoms with Crippen LogP contribution in [0.4, 0.5) is 10.1 Å². The first kappa shape index (κ1) is 12.8. The number of anilines is 1. The minimum atomic E-state index is -0.722. The standard InChI is InChI=1S/C12H7Cl2FN2O/c13-7-3-1-4-8(11(7)14)17-12(18)9-5-2-6-10(15)16-9/h1-6H,(H,17,18). The van der Waals surface area contributed by atoms with Crippen molar-refractivity contribution in [2.24, 2.45) is 0 Å². The summed E-state index contributed by atoms with van der Waals surface area (Å²) in [7, 11) is 0. The molecule has 1 aromatic heterocycles. The van der Waals surface area contributed by atoms with Crippen LogP contribution in [-0.2, 0) is 0 Å². The molecule has 18 heavy (non-hydrogen) atoms. The highest BCUT2D eigenvalue weighted by atomic mass is 35.5. The maximum atomic E-state index is 12.9. The predicted molar refractivity (Wildman–Crippen MR) is 68.6 cm³/mol. The van der Waals surface area contributed by atoms with Crippen LogP contribution in [0.5, 0.6) is 0 Å². The molecule has 0 radical (unpaired) electrons. The Morgan fingerprint density at radius 1 is 1.17 bits per heavy atom. The third-order valence-electron chi connectivity index (χ3n) is 2.15. The number of carbonyl (C=O) groups excluding carboxylic acids is 1. The van der Waals surface area contributed by atoms with E-state index in [0.717, 1.165) is 6.07 Å². The molecule has 2 rings (SSSR count). The van der Waals surface area contributed by atoms with Crippen LogP contribution in [0.25, 0.3) is 0 Å². The molecule has 0 fully saturated rings. The van der Waals surface area contributed by atoms with E-state index in [1.165, 1.54) is 12.1 Å². The first-order valence-electron chi connectivity index (χ1n) is 4.96. The summed E-state index contributed by atoms with van der Waals surface area (Å²) >= 11 is 11.7. The van der Waals surface area contributed by atoms with Gasteiger partial charge in [-0.3, -0.25) is 4.79 Å². The fraction of sp³-hybridized carbons (Fsp3) is 0. The van der Waals surface area contributed by atoms with E-state index in [0.29, 0.717) is 10.7 Å². The molecule has 0 aliphatic carbocycles. The molecule has 6 heteroatoms. The van der Waals surface area contributed by atoms with Gasteiger partial charge in [-0.05, 0) is 24.3 Å². The van der Waals surface area contributed by atoms with Gasteiger partial charge in [0.1, 0.15) is 5.69 Å². The van der Waals surface area contributed by atoms with Crippen LogP contribution >= 0.6 is 23.2 Å². The molecule has 1 heterocycles. The van der Waals surface area contributed by atoms with Crippen LogP contribution < -0.4 is 5.32 Å². The third kappa shape index (κ3) is 2.78. The molecule has 2 aromatic rings. The van der Waals surface area contributed by atoms with E-state index in [9.17, 15) is 9.18 Å². The number of nitrogens with one attached hydrogen (secondary N) is 1. The van der Waals surface area contributed by atoms with Crippen molar-refractivity contribution in [2.75, 3.05) is 5.32 Å². The van der Waals surface area contributed by atoms with Gasteiger partial charge in [-0.1, -0.05) is 35.3 Å². The number of nitrogens with zero attached hydrogens (tertiary/aromatic N) is 1. The van der Waals surface area contributed by atoms with Crippen molar-refractivity contribution in [3.05, 3.63) is 58.1 Å². The van der Waals surface area contributed by atoms with Gasteiger partial charge in [0.25, 0.3) is 5.91 Å². The van der Waals surface area contributed by atoms with Gasteiger partial charge >= 0.3 is 0 Å². The number of halogens is 3. The van der Waals surface area contributed by atoms with Crippen molar-refractivity contribution in [3.8, 4) is 0 Å². The molecule has 1 aromatic carbocycles. The molecule has 0 spiro atoms. The molecule has 1 amide bonds. The highest BCUT2D eigenvalue weighted by Crippen LogP contribution is 2.29. The quantitative estimate of drug-likeness (QED) is 0.853. The van der Waals surface area contributed by atoms with Crippen LogP contribution in [0.1, 0.15) is 10.5 Å². The summed E-state index contributed by atoms with van der Waals surface area (Å²) in [4.78, 5) is 15.3. The number of rotatable bonds is 2. The summed E-state index contributed by atoms with van der Waals surface area (Å²) < 4.78 is 12.9. The summed E-state index contributed by atoms with van der Waals surface area (Å²) in [5, 5.41) is 3.06. The van der Waals surface area contributed by atoms with Gasteiger partial charge in [0.05, 0.1) is 15.7 Å². The molecule has 0 aliphatic rings. The lowest BCUT2D eigenvalue weighted by Crippen LogP contribution is -2.14. The summed E-state index contributed by atoms with van der Waals surface area (Å²) in [6.45, 7) is 0. The molecule has 1 N–H and O–H groups in total. The molecule has 3 nitrogen and oxygen atoms in total. The fourth-order valence-electron chi connectivity index (χ4n) is 1.32. The number of hydrogen-bond acceptors (Lipinski definition) is 2. The molecule has 0 atom stereocenters. The summed E-state index contributed by atoms with van der Waals surface area (Å²) in [6.07, 6.45) is 0. The molecule has 0 saturated carbocycles. The number of hydrogen-bond donors (Lipinski definition) is 1. The van der Waals surface area contributed by atoms with E-state index in [2.05, 4.69) is 10.3 Å². The lowest BCUT2D eigenvalue weighted by Gasteiger charge is -2.07. The molecule has 0 saturated heterocycles. The fourth-order valence-corrected chi connectivity index (χ4v) is 1.67. The Kier molecular flexibility index (Phi) is 3.79. The van der Waals surface area contributed by atoms with Crippen molar-refractivity contribution >= 4 is 34.8 Å². The Bertz CT molecular complexity index is 604. The van der Waals surface area contributed by atoms with E-state index in [1.54, 1.807) is 18.2 Å². The molecular weight excluding hydrogens is 278 g/mol. The Hall–Kier alpha value is -1.65. The zero-order valence-electron chi connectivity index (χ0n) is 8.95. The van der Waals surface area contributed by atoms with Crippen molar-refractivity contribution in [1.29, 1.82) is 0 Å². The Balaban J connectivity index is 2.24. The maximum Gasteiger partial charge on any atom is 0.274 e. The van der Waals surface area contributed by atoms with Crippen molar-refractivity contribution in [3.63, 3.8) is 0 Å². The van der Waals surface area contributed by atoms with Crippen LogP contribution in [0.3, 0.4) is 0 Å². The predicted octanol–water partition coefficient (Wildman–Crippen LogP) is 3.78. The maximum absolute atomic E-state index is 12.9. The minimum absolute atomic E-state index is 0.0361. The molecule has 0 unspecified atom stereocenters. The van der Waals surface area contributed by atoms with E-state index in [-0.39, 0.29) is 10.7 Å². The van der Waals surface area contributed by atoms with Crippen LogP contribution in [0.2, 0.25) is 10.0 Å². The Labute approximate surface area is 113 Å². The number of amides is 1. The highest BCUT2D eigenvalue weighted by Gasteiger charge is 2.11. The summed E-state index contributed by atoms with van der Waals surface area (Å²) in [5.74, 6) is -1.28. The smallest absolute Gasteiger partial charge is 0.274 e. The average molecular weight is 285 g/mol. The molecule has 0 bridgehead atoms. The number of carbonyl (C=O) groups is 1. The normalized spacial score (nSPS) is 10.2. The second-order valence-corrected chi connectivity index (χ2v) is 4.19. The van der Waals surface area contributed by atoms with Gasteiger partial charge in [-0.25, -0.2) is 4.98 Å².